The van der Waals surface area contributed by atoms with Crippen LogP contribution in [0.1, 0.15) is 58.3 Å². The molecule has 1 aliphatic carbocycles. The molecule has 1 saturated heterocycles. The SMILES string of the molecule is CC1CCC(CN)(N(C)S(=O)(=O)N2CCCCCC2)CC1. The van der Waals surface area contributed by atoms with Crippen molar-refractivity contribution >= 4 is 10.2 Å². The van der Waals surface area contributed by atoms with Crippen molar-refractivity contribution in [1.82, 2.24) is 8.61 Å². The van der Waals surface area contributed by atoms with Crippen LogP contribution in [-0.2, 0) is 10.2 Å². The van der Waals surface area contributed by atoms with Gasteiger partial charge in [0.1, 0.15) is 0 Å². The lowest BCUT2D eigenvalue weighted by Gasteiger charge is -2.45. The largest absolute Gasteiger partial charge is 0.329 e. The van der Waals surface area contributed by atoms with Gasteiger partial charge in [-0.2, -0.15) is 17.0 Å². The van der Waals surface area contributed by atoms with Crippen LogP contribution < -0.4 is 5.73 Å². The van der Waals surface area contributed by atoms with Crippen molar-refractivity contribution in [1.29, 1.82) is 0 Å². The van der Waals surface area contributed by atoms with Crippen LogP contribution in [-0.4, -0.2) is 49.2 Å². The first-order valence-electron chi connectivity index (χ1n) is 8.36. The van der Waals surface area contributed by atoms with Crippen LogP contribution in [0.5, 0.6) is 0 Å². The lowest BCUT2D eigenvalue weighted by Crippen LogP contribution is -2.59. The van der Waals surface area contributed by atoms with E-state index in [0.29, 0.717) is 25.6 Å². The number of hydrogen-bond donors (Lipinski definition) is 1. The lowest BCUT2D eigenvalue weighted by atomic mass is 9.77. The van der Waals surface area contributed by atoms with Gasteiger partial charge < -0.3 is 5.73 Å². The van der Waals surface area contributed by atoms with Gasteiger partial charge in [0, 0.05) is 32.2 Å². The Balaban J connectivity index is 2.17. The average molecular weight is 317 g/mol. The predicted molar refractivity (Wildman–Crippen MR) is 86.1 cm³/mol. The summed E-state index contributed by atoms with van der Waals surface area (Å²) in [6, 6.07) is 0. The second-order valence-electron chi connectivity index (χ2n) is 6.90. The summed E-state index contributed by atoms with van der Waals surface area (Å²) >= 11 is 0. The third kappa shape index (κ3) is 3.60. The van der Waals surface area contributed by atoms with Crippen LogP contribution >= 0.6 is 0 Å². The van der Waals surface area contributed by atoms with Crippen LogP contribution in [0.25, 0.3) is 0 Å². The molecule has 5 nitrogen and oxygen atoms in total. The molecule has 1 saturated carbocycles. The molecule has 1 heterocycles. The summed E-state index contributed by atoms with van der Waals surface area (Å²) in [6.07, 6.45) is 8.11. The van der Waals surface area contributed by atoms with Crippen molar-refractivity contribution in [2.24, 2.45) is 11.7 Å². The minimum absolute atomic E-state index is 0.377. The van der Waals surface area contributed by atoms with E-state index >= 15 is 0 Å². The van der Waals surface area contributed by atoms with E-state index in [4.69, 9.17) is 5.73 Å². The van der Waals surface area contributed by atoms with E-state index in [9.17, 15) is 8.42 Å². The van der Waals surface area contributed by atoms with E-state index in [-0.39, 0.29) is 5.54 Å². The molecule has 0 aromatic carbocycles. The minimum Gasteiger partial charge on any atom is -0.329 e. The maximum atomic E-state index is 13.0. The number of rotatable bonds is 4. The fourth-order valence-corrected chi connectivity index (χ4v) is 5.45. The molecule has 1 aliphatic heterocycles. The molecule has 0 radical (unpaired) electrons. The third-order valence-electron chi connectivity index (χ3n) is 5.49. The van der Waals surface area contributed by atoms with Crippen molar-refractivity contribution in [2.45, 2.75) is 63.8 Å². The van der Waals surface area contributed by atoms with Crippen molar-refractivity contribution in [3.63, 3.8) is 0 Å². The zero-order valence-electron chi connectivity index (χ0n) is 13.6. The van der Waals surface area contributed by atoms with Crippen LogP contribution in [0.4, 0.5) is 0 Å². The normalized spacial score (nSPS) is 33.0. The van der Waals surface area contributed by atoms with Crippen LogP contribution in [0.2, 0.25) is 0 Å². The first-order valence-corrected chi connectivity index (χ1v) is 9.76. The first kappa shape index (κ1) is 17.2. The number of nitrogens with zero attached hydrogens (tertiary/aromatic N) is 2. The maximum absolute atomic E-state index is 13.0. The third-order valence-corrected chi connectivity index (χ3v) is 7.59. The van der Waals surface area contributed by atoms with Crippen molar-refractivity contribution in [2.75, 3.05) is 26.7 Å². The Bertz CT molecular complexity index is 422. The van der Waals surface area contributed by atoms with E-state index in [1.165, 1.54) is 0 Å². The molecule has 0 spiro atoms. The molecule has 0 bridgehead atoms. The Morgan fingerprint density at radius 2 is 1.67 bits per heavy atom. The van der Waals surface area contributed by atoms with Gasteiger partial charge >= 0.3 is 0 Å². The molecule has 2 fully saturated rings. The van der Waals surface area contributed by atoms with Gasteiger partial charge in [-0.25, -0.2) is 0 Å². The average Bonchev–Trinajstić information content (AvgIpc) is 2.77. The van der Waals surface area contributed by atoms with Crippen molar-refractivity contribution in [3.05, 3.63) is 0 Å². The summed E-state index contributed by atoms with van der Waals surface area (Å²) in [4.78, 5) is 0. The Morgan fingerprint density at radius 1 is 1.14 bits per heavy atom. The zero-order chi connectivity index (χ0) is 15.5. The molecule has 124 valence electrons. The standard InChI is InChI=1S/C15H31N3O2S/c1-14-7-9-15(13-16,10-8-14)17(2)21(19,20)18-11-5-3-4-6-12-18/h14H,3-13,16H2,1-2H3. The van der Waals surface area contributed by atoms with E-state index in [1.54, 1.807) is 15.7 Å². The van der Waals surface area contributed by atoms with Gasteiger partial charge in [0.25, 0.3) is 10.2 Å². The first-order chi connectivity index (χ1) is 9.92. The highest BCUT2D eigenvalue weighted by molar-refractivity contribution is 7.86. The summed E-state index contributed by atoms with van der Waals surface area (Å²) in [5.74, 6) is 0.680. The molecular formula is C15H31N3O2S. The van der Waals surface area contributed by atoms with E-state index in [1.807, 2.05) is 0 Å². The van der Waals surface area contributed by atoms with Gasteiger partial charge in [0.15, 0.2) is 0 Å². The number of hydrogen-bond acceptors (Lipinski definition) is 3. The molecule has 6 heteroatoms. The second-order valence-corrected chi connectivity index (χ2v) is 8.86. The second kappa shape index (κ2) is 6.94. The van der Waals surface area contributed by atoms with E-state index < -0.39 is 10.2 Å². The van der Waals surface area contributed by atoms with Crippen LogP contribution in [0.3, 0.4) is 0 Å². The molecule has 2 N–H and O–H groups in total. The monoisotopic (exact) mass is 317 g/mol. The molecule has 0 atom stereocenters. The van der Waals surface area contributed by atoms with Crippen LogP contribution in [0.15, 0.2) is 0 Å². The molecular weight excluding hydrogens is 286 g/mol. The Labute approximate surface area is 130 Å². The lowest BCUT2D eigenvalue weighted by molar-refractivity contribution is 0.128. The summed E-state index contributed by atoms with van der Waals surface area (Å²) < 4.78 is 29.2. The van der Waals surface area contributed by atoms with Gasteiger partial charge in [0.2, 0.25) is 0 Å². The fourth-order valence-electron chi connectivity index (χ4n) is 3.64. The highest BCUT2D eigenvalue weighted by Gasteiger charge is 2.44. The zero-order valence-corrected chi connectivity index (χ0v) is 14.4. The van der Waals surface area contributed by atoms with Crippen LogP contribution in [0, 0.1) is 5.92 Å². The molecule has 2 rings (SSSR count). The predicted octanol–water partition coefficient (Wildman–Crippen LogP) is 1.95. The van der Waals surface area contributed by atoms with Gasteiger partial charge in [-0.1, -0.05) is 19.8 Å². The van der Waals surface area contributed by atoms with E-state index in [0.717, 1.165) is 51.4 Å². The van der Waals surface area contributed by atoms with E-state index in [2.05, 4.69) is 6.92 Å². The Hall–Kier alpha value is -0.170. The fraction of sp³-hybridized carbons (Fsp3) is 1.00. The van der Waals surface area contributed by atoms with Crippen molar-refractivity contribution < 1.29 is 8.42 Å². The highest BCUT2D eigenvalue weighted by atomic mass is 32.2. The Morgan fingerprint density at radius 3 is 2.14 bits per heavy atom. The van der Waals surface area contributed by atoms with Gasteiger partial charge in [-0.15, -0.1) is 0 Å². The van der Waals surface area contributed by atoms with Gasteiger partial charge in [-0.05, 0) is 44.4 Å². The topological polar surface area (TPSA) is 66.6 Å². The smallest absolute Gasteiger partial charge is 0.282 e. The molecule has 21 heavy (non-hydrogen) atoms. The highest BCUT2D eigenvalue weighted by Crippen LogP contribution is 2.37. The summed E-state index contributed by atoms with van der Waals surface area (Å²) in [7, 11) is -1.65. The number of nitrogens with two attached hydrogens (primary N) is 1. The molecule has 2 aliphatic rings. The minimum atomic E-state index is -3.39. The maximum Gasteiger partial charge on any atom is 0.282 e. The molecule has 0 aromatic rings. The Kier molecular flexibility index (Phi) is 5.68. The number of likely N-dealkylation sites (N-methyl/N-ethyl adjacent to an activating group) is 1. The molecule has 0 amide bonds. The van der Waals surface area contributed by atoms with Gasteiger partial charge in [0.05, 0.1) is 0 Å². The summed E-state index contributed by atoms with van der Waals surface area (Å²) in [6.45, 7) is 3.97. The molecule has 0 unspecified atom stereocenters. The summed E-state index contributed by atoms with van der Waals surface area (Å²) in [5.41, 5.74) is 5.64. The summed E-state index contributed by atoms with van der Waals surface area (Å²) in [5, 5.41) is 0. The molecule has 0 aromatic heterocycles. The van der Waals surface area contributed by atoms with Gasteiger partial charge in [-0.3, -0.25) is 0 Å². The quantitative estimate of drug-likeness (QED) is 0.862. The van der Waals surface area contributed by atoms with Crippen molar-refractivity contribution in [3.8, 4) is 0 Å².